The number of imidazole rings is 1. The summed E-state index contributed by atoms with van der Waals surface area (Å²) in [5, 5.41) is 3.47. The molecule has 0 unspecified atom stereocenters. The van der Waals surface area contributed by atoms with Gasteiger partial charge in [-0.05, 0) is 62.3 Å². The predicted octanol–water partition coefficient (Wildman–Crippen LogP) is 3.91. The molecule has 2 aliphatic carbocycles. The molecule has 0 atom stereocenters. The summed E-state index contributed by atoms with van der Waals surface area (Å²) in [6.07, 6.45) is 10.1. The average molecular weight is 453 g/mol. The molecule has 2 heterocycles. The van der Waals surface area contributed by atoms with E-state index in [0.29, 0.717) is 41.0 Å². The molecule has 2 fully saturated rings. The molecule has 33 heavy (non-hydrogen) atoms. The first-order valence-electron chi connectivity index (χ1n) is 12.1. The standard InChI is InChI=1S/C24H33FN8/c25-15-6-11-19(27)14(12-15)13-20-30-21-22(28)31-24(29-17-9-7-16(26)8-10-17)32-23(21)33(20)18-4-2-1-3-5-18/h6,11-12,16-18H,1-5,7-10,13,26-27H2,(H3,28,29,31,32). The van der Waals surface area contributed by atoms with Crippen molar-refractivity contribution >= 4 is 28.6 Å². The lowest BCUT2D eigenvalue weighted by Crippen LogP contribution is -2.33. The molecular weight excluding hydrogens is 419 g/mol. The number of hydrogen-bond donors (Lipinski definition) is 4. The fourth-order valence-corrected chi connectivity index (χ4v) is 5.30. The first kappa shape index (κ1) is 21.9. The van der Waals surface area contributed by atoms with Gasteiger partial charge in [0.15, 0.2) is 17.0 Å². The summed E-state index contributed by atoms with van der Waals surface area (Å²) < 4.78 is 16.1. The number of fused-ring (bicyclic) bond motifs is 1. The third-order valence-electron chi connectivity index (χ3n) is 7.14. The largest absolute Gasteiger partial charge is 0.398 e. The Hall–Kier alpha value is -2.94. The smallest absolute Gasteiger partial charge is 0.226 e. The monoisotopic (exact) mass is 452 g/mol. The summed E-state index contributed by atoms with van der Waals surface area (Å²) in [6, 6.07) is 5.31. The van der Waals surface area contributed by atoms with Crippen LogP contribution < -0.4 is 22.5 Å². The lowest BCUT2D eigenvalue weighted by Gasteiger charge is -2.27. The van der Waals surface area contributed by atoms with Crippen LogP contribution in [0.15, 0.2) is 18.2 Å². The van der Waals surface area contributed by atoms with Crippen molar-refractivity contribution in [2.24, 2.45) is 5.73 Å². The van der Waals surface area contributed by atoms with Gasteiger partial charge < -0.3 is 27.1 Å². The Bertz CT molecular complexity index is 1130. The van der Waals surface area contributed by atoms with Crippen molar-refractivity contribution in [2.75, 3.05) is 16.8 Å². The number of rotatable bonds is 5. The Kier molecular flexibility index (Phi) is 6.05. The first-order valence-corrected chi connectivity index (χ1v) is 12.1. The molecule has 8 nitrogen and oxygen atoms in total. The second-order valence-corrected chi connectivity index (χ2v) is 9.57. The molecule has 1 aromatic carbocycles. The maximum absolute atomic E-state index is 13.9. The highest BCUT2D eigenvalue weighted by Crippen LogP contribution is 2.34. The number of nitrogens with two attached hydrogens (primary N) is 3. The van der Waals surface area contributed by atoms with Crippen LogP contribution in [0.4, 0.5) is 21.8 Å². The number of halogens is 1. The van der Waals surface area contributed by atoms with Crippen LogP contribution in [0, 0.1) is 5.82 Å². The van der Waals surface area contributed by atoms with E-state index in [4.69, 9.17) is 27.2 Å². The number of benzene rings is 1. The van der Waals surface area contributed by atoms with Gasteiger partial charge >= 0.3 is 0 Å². The average Bonchev–Trinajstić information content (AvgIpc) is 3.17. The Morgan fingerprint density at radius 3 is 2.48 bits per heavy atom. The number of aromatic nitrogens is 4. The van der Waals surface area contributed by atoms with Crippen LogP contribution in [0.5, 0.6) is 0 Å². The molecule has 0 spiro atoms. The van der Waals surface area contributed by atoms with E-state index in [1.807, 2.05) is 0 Å². The molecule has 0 saturated heterocycles. The molecule has 0 bridgehead atoms. The SMILES string of the molecule is Nc1ccc(F)cc1Cc1nc2c(N)nc(NC3CCC(N)CC3)nc2n1C1CCCCC1. The van der Waals surface area contributed by atoms with Crippen molar-refractivity contribution in [3.05, 3.63) is 35.4 Å². The molecule has 9 heteroatoms. The van der Waals surface area contributed by atoms with Crippen LogP contribution in [0.2, 0.25) is 0 Å². The summed E-state index contributed by atoms with van der Waals surface area (Å²) >= 11 is 0. The minimum Gasteiger partial charge on any atom is -0.398 e. The van der Waals surface area contributed by atoms with Crippen LogP contribution in [0.1, 0.15) is 75.2 Å². The molecule has 0 amide bonds. The van der Waals surface area contributed by atoms with Gasteiger partial charge in [-0.2, -0.15) is 9.97 Å². The van der Waals surface area contributed by atoms with Crippen molar-refractivity contribution in [1.29, 1.82) is 0 Å². The Labute approximate surface area is 193 Å². The Morgan fingerprint density at radius 2 is 1.73 bits per heavy atom. The summed E-state index contributed by atoms with van der Waals surface area (Å²) in [6.45, 7) is 0. The summed E-state index contributed by atoms with van der Waals surface area (Å²) in [5.74, 6) is 1.39. The zero-order chi connectivity index (χ0) is 22.9. The Balaban J connectivity index is 1.54. The molecule has 5 rings (SSSR count). The second kappa shape index (κ2) is 9.13. The number of hydrogen-bond acceptors (Lipinski definition) is 7. The summed E-state index contributed by atoms with van der Waals surface area (Å²) in [5.41, 5.74) is 21.2. The van der Waals surface area contributed by atoms with Crippen LogP contribution in [-0.4, -0.2) is 31.6 Å². The zero-order valence-corrected chi connectivity index (χ0v) is 18.9. The molecular formula is C24H33FN8. The normalized spacial score (nSPS) is 22.0. The van der Waals surface area contributed by atoms with E-state index in [1.165, 1.54) is 31.4 Å². The second-order valence-electron chi connectivity index (χ2n) is 9.57. The fourth-order valence-electron chi connectivity index (χ4n) is 5.30. The molecule has 176 valence electrons. The maximum atomic E-state index is 13.9. The van der Waals surface area contributed by atoms with Gasteiger partial charge in [0.25, 0.3) is 0 Å². The zero-order valence-electron chi connectivity index (χ0n) is 18.9. The fraction of sp³-hybridized carbons (Fsp3) is 0.542. The van der Waals surface area contributed by atoms with Crippen molar-refractivity contribution in [3.8, 4) is 0 Å². The molecule has 3 aromatic rings. The topological polar surface area (TPSA) is 134 Å². The molecule has 0 aliphatic heterocycles. The summed E-state index contributed by atoms with van der Waals surface area (Å²) in [7, 11) is 0. The number of nitrogens with zero attached hydrogens (tertiary/aromatic N) is 4. The van der Waals surface area contributed by atoms with Crippen LogP contribution >= 0.6 is 0 Å². The van der Waals surface area contributed by atoms with Gasteiger partial charge in [-0.1, -0.05) is 19.3 Å². The highest BCUT2D eigenvalue weighted by molar-refractivity contribution is 5.83. The van der Waals surface area contributed by atoms with Crippen molar-refractivity contribution in [1.82, 2.24) is 19.5 Å². The minimum atomic E-state index is -0.308. The van der Waals surface area contributed by atoms with Crippen molar-refractivity contribution < 1.29 is 4.39 Å². The molecule has 2 aliphatic rings. The Morgan fingerprint density at radius 1 is 0.970 bits per heavy atom. The van der Waals surface area contributed by atoms with Gasteiger partial charge in [-0.15, -0.1) is 0 Å². The molecule has 2 aromatic heterocycles. The molecule has 0 radical (unpaired) electrons. The van der Waals surface area contributed by atoms with Gasteiger partial charge in [0.1, 0.15) is 11.6 Å². The quantitative estimate of drug-likeness (QED) is 0.431. The van der Waals surface area contributed by atoms with Gasteiger partial charge in [-0.3, -0.25) is 0 Å². The van der Waals surface area contributed by atoms with Gasteiger partial charge in [-0.25, -0.2) is 9.37 Å². The highest BCUT2D eigenvalue weighted by atomic mass is 19.1. The van der Waals surface area contributed by atoms with Gasteiger partial charge in [0.2, 0.25) is 5.95 Å². The van der Waals surface area contributed by atoms with E-state index in [-0.39, 0.29) is 17.9 Å². The number of nitrogen functional groups attached to an aromatic ring is 2. The van der Waals surface area contributed by atoms with Gasteiger partial charge in [0.05, 0.1) is 0 Å². The van der Waals surface area contributed by atoms with Crippen LogP contribution in [0.25, 0.3) is 11.2 Å². The predicted molar refractivity (Wildman–Crippen MR) is 129 cm³/mol. The van der Waals surface area contributed by atoms with E-state index in [2.05, 4.69) is 14.9 Å². The lowest BCUT2D eigenvalue weighted by atomic mass is 9.92. The highest BCUT2D eigenvalue weighted by Gasteiger charge is 2.26. The van der Waals surface area contributed by atoms with E-state index < -0.39 is 0 Å². The van der Waals surface area contributed by atoms with Crippen LogP contribution in [-0.2, 0) is 6.42 Å². The molecule has 7 N–H and O–H groups in total. The van der Waals surface area contributed by atoms with E-state index >= 15 is 0 Å². The van der Waals surface area contributed by atoms with E-state index in [1.54, 1.807) is 6.07 Å². The van der Waals surface area contributed by atoms with E-state index in [9.17, 15) is 4.39 Å². The lowest BCUT2D eigenvalue weighted by molar-refractivity contribution is 0.352. The van der Waals surface area contributed by atoms with Gasteiger partial charge in [0, 0.05) is 30.2 Å². The third-order valence-corrected chi connectivity index (χ3v) is 7.14. The van der Waals surface area contributed by atoms with Crippen LogP contribution in [0.3, 0.4) is 0 Å². The van der Waals surface area contributed by atoms with Crippen molar-refractivity contribution in [2.45, 2.75) is 82.3 Å². The maximum Gasteiger partial charge on any atom is 0.226 e. The van der Waals surface area contributed by atoms with Crippen molar-refractivity contribution in [3.63, 3.8) is 0 Å². The number of nitrogens with one attached hydrogen (secondary N) is 1. The minimum absolute atomic E-state index is 0.280. The first-order chi connectivity index (χ1) is 16.0. The summed E-state index contributed by atoms with van der Waals surface area (Å²) in [4.78, 5) is 14.2. The van der Waals surface area contributed by atoms with E-state index in [0.717, 1.165) is 50.0 Å². The molecule has 2 saturated carbocycles. The third kappa shape index (κ3) is 4.59. The number of anilines is 3.